The van der Waals surface area contributed by atoms with Gasteiger partial charge in [-0.2, -0.15) is 0 Å². The average molecular weight is 285 g/mol. The molecule has 0 aliphatic carbocycles. The molecule has 0 saturated carbocycles. The summed E-state index contributed by atoms with van der Waals surface area (Å²) in [5, 5.41) is 0. The predicted octanol–water partition coefficient (Wildman–Crippen LogP) is 2.25. The summed E-state index contributed by atoms with van der Waals surface area (Å²) in [4.78, 5) is 4.10. The largest absolute Gasteiger partial charge is 0.310 e. The zero-order chi connectivity index (χ0) is 14.0. The van der Waals surface area contributed by atoms with Crippen molar-refractivity contribution >= 4 is 27.0 Å². The number of sulfonamides is 1. The van der Waals surface area contributed by atoms with E-state index in [0.29, 0.717) is 11.9 Å². The molecule has 19 heavy (non-hydrogen) atoms. The lowest BCUT2D eigenvalue weighted by atomic mass is 10.3. The van der Waals surface area contributed by atoms with E-state index in [-0.39, 0.29) is 17.2 Å². The van der Waals surface area contributed by atoms with Crippen LogP contribution in [0.15, 0.2) is 18.2 Å². The van der Waals surface area contributed by atoms with Gasteiger partial charge in [-0.15, -0.1) is 0 Å². The molecular formula is C12H16FN3O2S. The van der Waals surface area contributed by atoms with Crippen LogP contribution in [-0.2, 0) is 17.1 Å². The fourth-order valence-electron chi connectivity index (χ4n) is 1.84. The zero-order valence-electron chi connectivity index (χ0n) is 10.9. The van der Waals surface area contributed by atoms with E-state index in [1.807, 2.05) is 6.92 Å². The van der Waals surface area contributed by atoms with Crippen molar-refractivity contribution in [1.82, 2.24) is 9.55 Å². The molecule has 0 fully saturated rings. The first-order chi connectivity index (χ1) is 8.94. The van der Waals surface area contributed by atoms with E-state index in [1.165, 1.54) is 10.6 Å². The number of rotatable bonds is 5. The first-order valence-electron chi connectivity index (χ1n) is 6.06. The Morgan fingerprint density at radius 1 is 1.42 bits per heavy atom. The minimum atomic E-state index is -3.44. The number of hydrogen-bond donors (Lipinski definition) is 1. The predicted molar refractivity (Wildman–Crippen MR) is 73.0 cm³/mol. The second-order valence-electron chi connectivity index (χ2n) is 4.38. The zero-order valence-corrected chi connectivity index (χ0v) is 11.7. The summed E-state index contributed by atoms with van der Waals surface area (Å²) >= 11 is 0. The highest BCUT2D eigenvalue weighted by Gasteiger charge is 2.16. The number of aryl methyl sites for hydroxylation is 1. The molecule has 5 nitrogen and oxygen atoms in total. The van der Waals surface area contributed by atoms with Crippen LogP contribution in [-0.4, -0.2) is 23.7 Å². The third-order valence-electron chi connectivity index (χ3n) is 2.86. The first kappa shape index (κ1) is 13.8. The normalized spacial score (nSPS) is 11.9. The summed E-state index contributed by atoms with van der Waals surface area (Å²) in [5.41, 5.74) is 0.714. The molecule has 104 valence electrons. The van der Waals surface area contributed by atoms with Crippen molar-refractivity contribution in [3.05, 3.63) is 24.0 Å². The molecule has 2 aromatic rings. The molecule has 7 heteroatoms. The molecule has 0 atom stereocenters. The second-order valence-corrected chi connectivity index (χ2v) is 6.22. The van der Waals surface area contributed by atoms with Crippen molar-refractivity contribution in [2.75, 3.05) is 10.5 Å². The van der Waals surface area contributed by atoms with Gasteiger partial charge in [0.15, 0.2) is 0 Å². The number of benzene rings is 1. The van der Waals surface area contributed by atoms with Gasteiger partial charge in [0.05, 0.1) is 11.3 Å². The Labute approximate surface area is 111 Å². The van der Waals surface area contributed by atoms with Gasteiger partial charge in [0.2, 0.25) is 16.0 Å². The summed E-state index contributed by atoms with van der Waals surface area (Å²) in [6, 6.07) is 4.50. The summed E-state index contributed by atoms with van der Waals surface area (Å²) in [6.07, 6.45) is 1.37. The van der Waals surface area contributed by atoms with Crippen LogP contribution in [0.4, 0.5) is 10.3 Å². The van der Waals surface area contributed by atoms with Gasteiger partial charge in [-0.3, -0.25) is 4.72 Å². The Morgan fingerprint density at radius 3 is 2.79 bits per heavy atom. The summed E-state index contributed by atoms with van der Waals surface area (Å²) in [6.45, 7) is 1.92. The number of hydrogen-bond acceptors (Lipinski definition) is 3. The van der Waals surface area contributed by atoms with Crippen LogP contribution in [0.3, 0.4) is 0 Å². The van der Waals surface area contributed by atoms with Crippen molar-refractivity contribution in [3.63, 3.8) is 0 Å². The third kappa shape index (κ3) is 2.86. The van der Waals surface area contributed by atoms with Crippen LogP contribution in [0.5, 0.6) is 0 Å². The van der Waals surface area contributed by atoms with Gasteiger partial charge < -0.3 is 4.57 Å². The van der Waals surface area contributed by atoms with Crippen LogP contribution < -0.4 is 4.72 Å². The fourth-order valence-corrected chi connectivity index (χ4v) is 3.07. The van der Waals surface area contributed by atoms with Crippen molar-refractivity contribution in [2.45, 2.75) is 19.8 Å². The van der Waals surface area contributed by atoms with Gasteiger partial charge >= 0.3 is 0 Å². The van der Waals surface area contributed by atoms with E-state index in [2.05, 4.69) is 9.71 Å². The van der Waals surface area contributed by atoms with Crippen LogP contribution in [0.2, 0.25) is 0 Å². The summed E-state index contributed by atoms with van der Waals surface area (Å²) in [5.74, 6) is -0.252. The fraction of sp³-hybridized carbons (Fsp3) is 0.417. The molecule has 0 unspecified atom stereocenters. The lowest BCUT2D eigenvalue weighted by Crippen LogP contribution is -2.18. The number of unbranched alkanes of at least 4 members (excludes halogenated alkanes) is 1. The maximum Gasteiger partial charge on any atom is 0.234 e. The van der Waals surface area contributed by atoms with E-state index in [1.54, 1.807) is 19.2 Å². The molecule has 1 aromatic heterocycles. The standard InChI is InChI=1S/C12H16FN3O2S/c1-3-4-8-19(17,18)15-12-14-10-7-5-6-9(13)11(10)16(12)2/h5-7H,3-4,8H2,1-2H3,(H,14,15). The topological polar surface area (TPSA) is 64.0 Å². The van der Waals surface area contributed by atoms with Crippen molar-refractivity contribution in [2.24, 2.45) is 7.05 Å². The lowest BCUT2D eigenvalue weighted by Gasteiger charge is -2.07. The Bertz CT molecular complexity index is 694. The van der Waals surface area contributed by atoms with E-state index >= 15 is 0 Å². The number of fused-ring (bicyclic) bond motifs is 1. The number of halogens is 1. The second kappa shape index (κ2) is 5.16. The van der Waals surface area contributed by atoms with E-state index in [4.69, 9.17) is 0 Å². The highest BCUT2D eigenvalue weighted by molar-refractivity contribution is 7.92. The smallest absolute Gasteiger partial charge is 0.234 e. The Balaban J connectivity index is 2.37. The van der Waals surface area contributed by atoms with E-state index < -0.39 is 15.8 Å². The van der Waals surface area contributed by atoms with Crippen LogP contribution in [0.1, 0.15) is 19.8 Å². The molecule has 0 radical (unpaired) electrons. The number of aromatic nitrogens is 2. The van der Waals surface area contributed by atoms with Gasteiger partial charge in [0, 0.05) is 7.05 Å². The van der Waals surface area contributed by atoms with Gasteiger partial charge in [0.1, 0.15) is 11.3 Å². The molecule has 0 bridgehead atoms. The SMILES string of the molecule is CCCCS(=O)(=O)Nc1nc2cccc(F)c2n1C. The Morgan fingerprint density at radius 2 is 2.16 bits per heavy atom. The highest BCUT2D eigenvalue weighted by atomic mass is 32.2. The molecule has 0 aliphatic rings. The minimum absolute atomic E-state index is 0.0369. The van der Waals surface area contributed by atoms with E-state index in [9.17, 15) is 12.8 Å². The van der Waals surface area contributed by atoms with Crippen molar-refractivity contribution in [1.29, 1.82) is 0 Å². The lowest BCUT2D eigenvalue weighted by molar-refractivity contribution is 0.597. The molecule has 0 amide bonds. The van der Waals surface area contributed by atoms with E-state index in [0.717, 1.165) is 6.42 Å². The molecule has 1 N–H and O–H groups in total. The molecule has 0 aliphatic heterocycles. The van der Waals surface area contributed by atoms with Crippen LogP contribution >= 0.6 is 0 Å². The van der Waals surface area contributed by atoms with Crippen LogP contribution in [0, 0.1) is 5.82 Å². The van der Waals surface area contributed by atoms with Gasteiger partial charge in [-0.1, -0.05) is 19.4 Å². The maximum absolute atomic E-state index is 13.7. The molecule has 1 aromatic carbocycles. The van der Waals surface area contributed by atoms with Crippen molar-refractivity contribution in [3.8, 4) is 0 Å². The van der Waals surface area contributed by atoms with Crippen LogP contribution in [0.25, 0.3) is 11.0 Å². The summed E-state index contributed by atoms with van der Waals surface area (Å²) in [7, 11) is -1.86. The first-order valence-corrected chi connectivity index (χ1v) is 7.71. The summed E-state index contributed by atoms with van der Waals surface area (Å²) < 4.78 is 41.1. The molecule has 0 spiro atoms. The highest BCUT2D eigenvalue weighted by Crippen LogP contribution is 2.21. The van der Waals surface area contributed by atoms with Gasteiger partial charge in [-0.25, -0.2) is 17.8 Å². The van der Waals surface area contributed by atoms with Crippen molar-refractivity contribution < 1.29 is 12.8 Å². The average Bonchev–Trinajstić information content (AvgIpc) is 2.65. The van der Waals surface area contributed by atoms with Gasteiger partial charge in [-0.05, 0) is 18.6 Å². The number of anilines is 1. The number of imidazole rings is 1. The molecule has 2 rings (SSSR count). The Hall–Kier alpha value is -1.63. The Kier molecular flexibility index (Phi) is 3.75. The third-order valence-corrected chi connectivity index (χ3v) is 4.18. The monoisotopic (exact) mass is 285 g/mol. The molecule has 1 heterocycles. The van der Waals surface area contributed by atoms with Gasteiger partial charge in [0.25, 0.3) is 0 Å². The quantitative estimate of drug-likeness (QED) is 0.916. The number of nitrogens with zero attached hydrogens (tertiary/aromatic N) is 2. The number of nitrogens with one attached hydrogen (secondary N) is 1. The minimum Gasteiger partial charge on any atom is -0.310 e. The number of para-hydroxylation sites is 1. The molecular weight excluding hydrogens is 269 g/mol. The maximum atomic E-state index is 13.7. The molecule has 0 saturated heterocycles.